The number of ether oxygens (including phenoxy) is 1. The summed E-state index contributed by atoms with van der Waals surface area (Å²) in [5.74, 6) is 0.477. The van der Waals surface area contributed by atoms with Crippen LogP contribution < -0.4 is 15.6 Å². The van der Waals surface area contributed by atoms with Crippen molar-refractivity contribution in [2.75, 3.05) is 11.9 Å². The second-order valence-electron chi connectivity index (χ2n) is 6.26. The number of unbranched alkanes of at least 4 members (excludes halogenated alkanes) is 1. The number of para-hydroxylation sites is 3. The minimum Gasteiger partial charge on any atom is -0.491 e. The quantitative estimate of drug-likeness (QED) is 0.619. The summed E-state index contributed by atoms with van der Waals surface area (Å²) in [7, 11) is 0. The predicted molar refractivity (Wildman–Crippen MR) is 106 cm³/mol. The number of hydrogen-bond acceptors (Lipinski definition) is 4. The van der Waals surface area contributed by atoms with Gasteiger partial charge in [0.1, 0.15) is 5.75 Å². The number of fused-ring (bicyclic) bond motifs is 1. The van der Waals surface area contributed by atoms with E-state index in [0.29, 0.717) is 28.9 Å². The predicted octanol–water partition coefficient (Wildman–Crippen LogP) is 3.60. The van der Waals surface area contributed by atoms with E-state index in [0.717, 1.165) is 12.8 Å². The van der Waals surface area contributed by atoms with Crippen LogP contribution in [-0.2, 0) is 11.3 Å². The number of aryl methyl sites for hydroxylation is 1. The van der Waals surface area contributed by atoms with Gasteiger partial charge in [0.2, 0.25) is 5.91 Å². The molecule has 27 heavy (non-hydrogen) atoms. The summed E-state index contributed by atoms with van der Waals surface area (Å²) in [5.41, 5.74) is 1.15. The molecular weight excluding hydrogens is 342 g/mol. The summed E-state index contributed by atoms with van der Waals surface area (Å²) in [5, 5.41) is 3.42. The van der Waals surface area contributed by atoms with E-state index in [9.17, 15) is 9.59 Å². The molecule has 1 N–H and O–H groups in total. The molecule has 0 saturated carbocycles. The third-order valence-electron chi connectivity index (χ3n) is 4.23. The van der Waals surface area contributed by atoms with Crippen LogP contribution in [0.2, 0.25) is 0 Å². The summed E-state index contributed by atoms with van der Waals surface area (Å²) in [6.07, 6.45) is 3.66. The second kappa shape index (κ2) is 8.98. The van der Waals surface area contributed by atoms with Gasteiger partial charge in [-0.25, -0.2) is 4.98 Å². The van der Waals surface area contributed by atoms with Crippen LogP contribution in [0, 0.1) is 0 Å². The number of carbonyl (C=O) groups is 1. The maximum atomic E-state index is 12.5. The molecule has 0 atom stereocenters. The van der Waals surface area contributed by atoms with Crippen molar-refractivity contribution in [1.82, 2.24) is 9.55 Å². The lowest BCUT2D eigenvalue weighted by Gasteiger charge is -2.12. The van der Waals surface area contributed by atoms with Gasteiger partial charge in [-0.15, -0.1) is 0 Å². The molecule has 6 nitrogen and oxygen atoms in total. The zero-order chi connectivity index (χ0) is 19.1. The van der Waals surface area contributed by atoms with Crippen molar-refractivity contribution in [3.05, 3.63) is 65.2 Å². The van der Waals surface area contributed by atoms with E-state index in [1.165, 1.54) is 10.9 Å². The Balaban J connectivity index is 1.64. The fourth-order valence-corrected chi connectivity index (χ4v) is 2.72. The van der Waals surface area contributed by atoms with Gasteiger partial charge < -0.3 is 10.1 Å². The second-order valence-corrected chi connectivity index (χ2v) is 6.26. The maximum absolute atomic E-state index is 12.5. The summed E-state index contributed by atoms with van der Waals surface area (Å²) >= 11 is 0. The highest BCUT2D eigenvalue weighted by Gasteiger charge is 2.09. The molecule has 0 aliphatic rings. The zero-order valence-electron chi connectivity index (χ0n) is 15.4. The highest BCUT2D eigenvalue weighted by atomic mass is 16.5. The smallest absolute Gasteiger partial charge is 0.261 e. The minimum absolute atomic E-state index is 0.142. The van der Waals surface area contributed by atoms with Crippen molar-refractivity contribution >= 4 is 22.5 Å². The molecular formula is C21H23N3O3. The van der Waals surface area contributed by atoms with Gasteiger partial charge in [-0.1, -0.05) is 37.6 Å². The molecule has 0 aliphatic carbocycles. The normalized spacial score (nSPS) is 10.7. The highest BCUT2D eigenvalue weighted by Crippen LogP contribution is 2.24. The topological polar surface area (TPSA) is 73.2 Å². The van der Waals surface area contributed by atoms with Crippen molar-refractivity contribution in [1.29, 1.82) is 0 Å². The molecule has 1 heterocycles. The van der Waals surface area contributed by atoms with Gasteiger partial charge in [0.05, 0.1) is 29.5 Å². The Morgan fingerprint density at radius 3 is 2.78 bits per heavy atom. The van der Waals surface area contributed by atoms with Crippen LogP contribution in [0.5, 0.6) is 5.75 Å². The van der Waals surface area contributed by atoms with Crippen LogP contribution in [0.15, 0.2) is 59.7 Å². The standard InChI is InChI=1S/C21H23N3O3/c1-2-3-14-27-19-11-7-6-10-18(19)23-20(25)12-13-24-15-22-17-9-5-4-8-16(17)21(24)26/h4-11,15H,2-3,12-14H2,1H3,(H,23,25). The molecule has 0 fully saturated rings. The van der Waals surface area contributed by atoms with E-state index in [1.807, 2.05) is 30.3 Å². The average molecular weight is 365 g/mol. The Hall–Kier alpha value is -3.15. The fourth-order valence-electron chi connectivity index (χ4n) is 2.72. The molecule has 0 radical (unpaired) electrons. The van der Waals surface area contributed by atoms with Gasteiger partial charge in [-0.05, 0) is 30.7 Å². The molecule has 6 heteroatoms. The first-order chi connectivity index (χ1) is 13.2. The molecule has 0 aliphatic heterocycles. The van der Waals surface area contributed by atoms with Crippen molar-refractivity contribution in [2.24, 2.45) is 0 Å². The lowest BCUT2D eigenvalue weighted by atomic mass is 10.2. The zero-order valence-corrected chi connectivity index (χ0v) is 15.4. The van der Waals surface area contributed by atoms with Crippen LogP contribution in [0.1, 0.15) is 26.2 Å². The van der Waals surface area contributed by atoms with Crippen LogP contribution in [0.3, 0.4) is 0 Å². The van der Waals surface area contributed by atoms with Gasteiger partial charge >= 0.3 is 0 Å². The third-order valence-corrected chi connectivity index (χ3v) is 4.23. The number of rotatable bonds is 8. The number of amides is 1. The van der Waals surface area contributed by atoms with Gasteiger partial charge in [0, 0.05) is 13.0 Å². The largest absolute Gasteiger partial charge is 0.491 e. The van der Waals surface area contributed by atoms with Crippen LogP contribution in [0.4, 0.5) is 5.69 Å². The van der Waals surface area contributed by atoms with Crippen LogP contribution in [0.25, 0.3) is 10.9 Å². The van der Waals surface area contributed by atoms with Crippen LogP contribution in [-0.4, -0.2) is 22.1 Å². The number of benzene rings is 2. The van der Waals surface area contributed by atoms with Crippen molar-refractivity contribution in [2.45, 2.75) is 32.7 Å². The molecule has 1 amide bonds. The first kappa shape index (κ1) is 18.6. The summed E-state index contributed by atoms with van der Waals surface area (Å²) in [4.78, 5) is 29.1. The lowest BCUT2D eigenvalue weighted by Crippen LogP contribution is -2.23. The molecule has 0 spiro atoms. The van der Waals surface area contributed by atoms with Crippen molar-refractivity contribution in [3.8, 4) is 5.75 Å². The Morgan fingerprint density at radius 2 is 1.93 bits per heavy atom. The van der Waals surface area contributed by atoms with E-state index in [4.69, 9.17) is 4.74 Å². The number of nitrogens with zero attached hydrogens (tertiary/aromatic N) is 2. The lowest BCUT2D eigenvalue weighted by molar-refractivity contribution is -0.116. The van der Waals surface area contributed by atoms with Gasteiger partial charge in [-0.2, -0.15) is 0 Å². The number of anilines is 1. The molecule has 140 valence electrons. The summed E-state index contributed by atoms with van der Waals surface area (Å²) < 4.78 is 7.19. The molecule has 0 bridgehead atoms. The summed E-state index contributed by atoms with van der Waals surface area (Å²) in [6, 6.07) is 14.5. The van der Waals surface area contributed by atoms with E-state index < -0.39 is 0 Å². The monoisotopic (exact) mass is 365 g/mol. The number of hydrogen-bond donors (Lipinski definition) is 1. The Labute approximate surface area is 157 Å². The Kier molecular flexibility index (Phi) is 6.20. The van der Waals surface area contributed by atoms with E-state index >= 15 is 0 Å². The Morgan fingerprint density at radius 1 is 1.15 bits per heavy atom. The van der Waals surface area contributed by atoms with Gasteiger partial charge in [0.15, 0.2) is 0 Å². The van der Waals surface area contributed by atoms with Crippen molar-refractivity contribution in [3.63, 3.8) is 0 Å². The SMILES string of the molecule is CCCCOc1ccccc1NC(=O)CCn1cnc2ccccc2c1=O. The average Bonchev–Trinajstić information content (AvgIpc) is 2.69. The van der Waals surface area contributed by atoms with E-state index in [-0.39, 0.29) is 24.4 Å². The highest BCUT2D eigenvalue weighted by molar-refractivity contribution is 5.92. The van der Waals surface area contributed by atoms with Crippen molar-refractivity contribution < 1.29 is 9.53 Å². The first-order valence-corrected chi connectivity index (χ1v) is 9.15. The number of aromatic nitrogens is 2. The van der Waals surface area contributed by atoms with E-state index in [1.54, 1.807) is 18.2 Å². The van der Waals surface area contributed by atoms with E-state index in [2.05, 4.69) is 17.2 Å². The minimum atomic E-state index is -0.179. The van der Waals surface area contributed by atoms with Gasteiger partial charge in [0.25, 0.3) is 5.56 Å². The number of carbonyl (C=O) groups excluding carboxylic acids is 1. The molecule has 0 saturated heterocycles. The molecule has 3 aromatic rings. The summed E-state index contributed by atoms with van der Waals surface area (Å²) in [6.45, 7) is 2.98. The Bertz CT molecular complexity index is 982. The fraction of sp³-hybridized carbons (Fsp3) is 0.286. The van der Waals surface area contributed by atoms with Crippen LogP contribution >= 0.6 is 0 Å². The molecule has 2 aromatic carbocycles. The van der Waals surface area contributed by atoms with Gasteiger partial charge in [-0.3, -0.25) is 14.2 Å². The molecule has 1 aromatic heterocycles. The third kappa shape index (κ3) is 4.73. The molecule has 0 unspecified atom stereocenters. The maximum Gasteiger partial charge on any atom is 0.261 e. The first-order valence-electron chi connectivity index (χ1n) is 9.15. The molecule has 3 rings (SSSR count). The number of nitrogens with one attached hydrogen (secondary N) is 1.